The van der Waals surface area contributed by atoms with E-state index in [2.05, 4.69) is 87.5 Å². The molecule has 0 bridgehead atoms. The van der Waals surface area contributed by atoms with E-state index in [-0.39, 0.29) is 0 Å². The molecule has 0 heterocycles. The van der Waals surface area contributed by atoms with Crippen molar-refractivity contribution in [3.63, 3.8) is 0 Å². The van der Waals surface area contributed by atoms with Gasteiger partial charge >= 0.3 is 8.56 Å². The minimum Gasteiger partial charge on any atom is -0.514 e. The fourth-order valence-electron chi connectivity index (χ4n) is 3.50. The Hall–Kier alpha value is -2.36. The zero-order chi connectivity index (χ0) is 20.5. The quantitative estimate of drug-likeness (QED) is 0.335. The number of benzene rings is 3. The second-order valence-electron chi connectivity index (χ2n) is 7.84. The molecule has 0 amide bonds. The van der Waals surface area contributed by atoms with Crippen molar-refractivity contribution in [1.82, 2.24) is 0 Å². The van der Waals surface area contributed by atoms with Crippen LogP contribution in [0.25, 0.3) is 0 Å². The van der Waals surface area contributed by atoms with Crippen molar-refractivity contribution in [1.29, 1.82) is 0 Å². The lowest BCUT2D eigenvalue weighted by atomic mass is 10.1. The van der Waals surface area contributed by atoms with Crippen LogP contribution in [-0.4, -0.2) is 15.2 Å². The molecule has 3 aromatic carbocycles. The highest BCUT2D eigenvalue weighted by Gasteiger charge is 2.45. The third-order valence-corrected chi connectivity index (χ3v) is 8.43. The number of hydrogen-bond acceptors (Lipinski definition) is 2. The first-order valence-corrected chi connectivity index (χ1v) is 12.5. The predicted molar refractivity (Wildman–Crippen MR) is 124 cm³/mol. The molecule has 2 nitrogen and oxygen atoms in total. The van der Waals surface area contributed by atoms with Crippen LogP contribution < -0.4 is 14.8 Å². The molecule has 3 rings (SSSR count). The summed E-state index contributed by atoms with van der Waals surface area (Å²) in [7, 11) is -2.90. The Balaban J connectivity index is 2.03. The first-order valence-electron chi connectivity index (χ1n) is 10.7. The van der Waals surface area contributed by atoms with Gasteiger partial charge < -0.3 is 8.85 Å². The smallest absolute Gasteiger partial charge is 0.468 e. The van der Waals surface area contributed by atoms with Gasteiger partial charge in [-0.1, -0.05) is 93.6 Å². The van der Waals surface area contributed by atoms with Crippen molar-refractivity contribution in [3.05, 3.63) is 90.5 Å². The lowest BCUT2D eigenvalue weighted by Crippen LogP contribution is -2.66. The highest BCUT2D eigenvalue weighted by atomic mass is 28.4. The minimum absolute atomic E-state index is 0.672. The number of rotatable bonds is 10. The van der Waals surface area contributed by atoms with Gasteiger partial charge in [0.1, 0.15) is 5.75 Å². The van der Waals surface area contributed by atoms with Gasteiger partial charge in [-0.3, -0.25) is 0 Å². The van der Waals surface area contributed by atoms with E-state index >= 15 is 0 Å². The summed E-state index contributed by atoms with van der Waals surface area (Å²) in [6.45, 7) is 7.37. The maximum Gasteiger partial charge on any atom is 0.468 e. The third kappa shape index (κ3) is 5.59. The Labute approximate surface area is 176 Å². The first-order chi connectivity index (χ1) is 14.1. The molecule has 152 valence electrons. The summed E-state index contributed by atoms with van der Waals surface area (Å²) in [4.78, 5) is 0. The SMILES string of the molecule is CCc1cccc(O[Si](OCCCC(C)C)(c2ccccc2)c2ccccc2)c1. The number of aryl methyl sites for hydroxylation is 1. The largest absolute Gasteiger partial charge is 0.514 e. The summed E-state index contributed by atoms with van der Waals surface area (Å²) < 4.78 is 13.6. The molecular weight excluding hydrogens is 372 g/mol. The van der Waals surface area contributed by atoms with Gasteiger partial charge in [0.15, 0.2) is 0 Å². The number of hydrogen-bond donors (Lipinski definition) is 0. The van der Waals surface area contributed by atoms with Gasteiger partial charge in [-0.05, 0) is 42.9 Å². The van der Waals surface area contributed by atoms with E-state index in [0.717, 1.165) is 35.4 Å². The molecule has 0 spiro atoms. The zero-order valence-corrected chi connectivity index (χ0v) is 18.8. The Morgan fingerprint density at radius 3 is 1.97 bits per heavy atom. The molecule has 0 saturated heterocycles. The molecule has 0 radical (unpaired) electrons. The normalized spacial score (nSPS) is 11.6. The molecule has 0 unspecified atom stereocenters. The van der Waals surface area contributed by atoms with Gasteiger partial charge in [-0.15, -0.1) is 0 Å². The van der Waals surface area contributed by atoms with Crippen LogP contribution in [0.3, 0.4) is 0 Å². The van der Waals surface area contributed by atoms with Crippen LogP contribution in [0, 0.1) is 5.92 Å². The maximum atomic E-state index is 6.84. The fourth-order valence-corrected chi connectivity index (χ4v) is 6.61. The molecule has 0 aromatic heterocycles. The lowest BCUT2D eigenvalue weighted by molar-refractivity contribution is 0.248. The average molecular weight is 405 g/mol. The molecule has 0 aliphatic carbocycles. The highest BCUT2D eigenvalue weighted by Crippen LogP contribution is 2.20. The summed E-state index contributed by atoms with van der Waals surface area (Å²) in [6, 6.07) is 29.4. The third-order valence-electron chi connectivity index (χ3n) is 5.11. The Kier molecular flexibility index (Phi) is 7.67. The summed E-state index contributed by atoms with van der Waals surface area (Å²) in [5, 5.41) is 2.27. The second kappa shape index (κ2) is 10.4. The first kappa shape index (κ1) is 21.3. The van der Waals surface area contributed by atoms with Crippen molar-refractivity contribution in [2.75, 3.05) is 6.61 Å². The molecule has 3 aromatic rings. The standard InChI is InChI=1S/C26H32O2Si/c1-4-23-14-11-15-24(21-23)28-29(25-16-7-5-8-17-25,26-18-9-6-10-19-26)27-20-12-13-22(2)3/h5-11,14-19,21-22H,4,12-13,20H2,1-3H3. The van der Waals surface area contributed by atoms with Crippen LogP contribution in [0.4, 0.5) is 0 Å². The molecule has 0 atom stereocenters. The molecule has 29 heavy (non-hydrogen) atoms. The molecule has 0 N–H and O–H groups in total. The van der Waals surface area contributed by atoms with Crippen molar-refractivity contribution < 1.29 is 8.85 Å². The summed E-state index contributed by atoms with van der Waals surface area (Å²) in [6.07, 6.45) is 3.17. The van der Waals surface area contributed by atoms with E-state index in [4.69, 9.17) is 8.85 Å². The Morgan fingerprint density at radius 2 is 1.41 bits per heavy atom. The molecule has 0 aliphatic heterocycles. The second-order valence-corrected chi connectivity index (χ2v) is 10.7. The van der Waals surface area contributed by atoms with Gasteiger partial charge in [-0.2, -0.15) is 0 Å². The highest BCUT2D eigenvalue weighted by molar-refractivity contribution is 6.93. The topological polar surface area (TPSA) is 18.5 Å². The van der Waals surface area contributed by atoms with Gasteiger partial charge in [0.2, 0.25) is 0 Å². The van der Waals surface area contributed by atoms with Gasteiger partial charge in [0, 0.05) is 17.0 Å². The van der Waals surface area contributed by atoms with Gasteiger partial charge in [-0.25, -0.2) is 0 Å². The van der Waals surface area contributed by atoms with Gasteiger partial charge in [0.25, 0.3) is 0 Å². The average Bonchev–Trinajstić information content (AvgIpc) is 2.77. The molecular formula is C26H32O2Si. The monoisotopic (exact) mass is 404 g/mol. The zero-order valence-electron chi connectivity index (χ0n) is 17.8. The van der Waals surface area contributed by atoms with E-state index in [1.165, 1.54) is 5.56 Å². The van der Waals surface area contributed by atoms with Gasteiger partial charge in [0.05, 0.1) is 0 Å². The summed E-state index contributed by atoms with van der Waals surface area (Å²) in [5.41, 5.74) is 1.27. The fraction of sp³-hybridized carbons (Fsp3) is 0.308. The van der Waals surface area contributed by atoms with Crippen LogP contribution >= 0.6 is 0 Å². The van der Waals surface area contributed by atoms with E-state index in [0.29, 0.717) is 12.5 Å². The minimum atomic E-state index is -2.90. The van der Waals surface area contributed by atoms with Crippen molar-refractivity contribution in [2.24, 2.45) is 5.92 Å². The predicted octanol–water partition coefficient (Wildman–Crippen LogP) is 5.34. The van der Waals surface area contributed by atoms with E-state index in [9.17, 15) is 0 Å². The molecule has 0 saturated carbocycles. The lowest BCUT2D eigenvalue weighted by Gasteiger charge is -2.32. The maximum absolute atomic E-state index is 6.84. The van der Waals surface area contributed by atoms with E-state index in [1.54, 1.807) is 0 Å². The molecule has 3 heteroatoms. The van der Waals surface area contributed by atoms with Crippen molar-refractivity contribution >= 4 is 18.9 Å². The van der Waals surface area contributed by atoms with Crippen LogP contribution in [-0.2, 0) is 10.8 Å². The Morgan fingerprint density at radius 1 is 0.793 bits per heavy atom. The van der Waals surface area contributed by atoms with E-state index in [1.807, 2.05) is 18.2 Å². The molecule has 0 aliphatic rings. The summed E-state index contributed by atoms with van der Waals surface area (Å²) >= 11 is 0. The van der Waals surface area contributed by atoms with Crippen LogP contribution in [0.15, 0.2) is 84.9 Å². The van der Waals surface area contributed by atoms with Crippen molar-refractivity contribution in [3.8, 4) is 5.75 Å². The molecule has 0 fully saturated rings. The van der Waals surface area contributed by atoms with Crippen LogP contribution in [0.5, 0.6) is 5.75 Å². The Bertz CT molecular complexity index is 823. The van der Waals surface area contributed by atoms with Crippen molar-refractivity contribution in [2.45, 2.75) is 40.0 Å². The van der Waals surface area contributed by atoms with Crippen LogP contribution in [0.1, 0.15) is 39.2 Å². The summed E-state index contributed by atoms with van der Waals surface area (Å²) in [5.74, 6) is 1.55. The van der Waals surface area contributed by atoms with Crippen LogP contribution in [0.2, 0.25) is 0 Å². The van der Waals surface area contributed by atoms with E-state index < -0.39 is 8.56 Å².